The fourth-order valence-corrected chi connectivity index (χ4v) is 2.88. The van der Waals surface area contributed by atoms with Gasteiger partial charge in [0.15, 0.2) is 0 Å². The number of hydrogen-bond acceptors (Lipinski definition) is 2. The van der Waals surface area contributed by atoms with E-state index < -0.39 is 0 Å². The Morgan fingerprint density at radius 3 is 2.62 bits per heavy atom. The van der Waals surface area contributed by atoms with E-state index in [0.717, 1.165) is 23.3 Å². The number of aryl methyl sites for hydroxylation is 1. The highest BCUT2D eigenvalue weighted by Gasteiger charge is 2.17. The molecule has 21 heavy (non-hydrogen) atoms. The maximum atomic E-state index is 6.33. The largest absolute Gasteiger partial charge is 0.496 e. The smallest absolute Gasteiger partial charge is 0.122 e. The summed E-state index contributed by atoms with van der Waals surface area (Å²) >= 11 is 12.5. The van der Waals surface area contributed by atoms with Gasteiger partial charge in [-0.2, -0.15) is 0 Å². The molecule has 0 aromatic heterocycles. The molecule has 0 aliphatic rings. The van der Waals surface area contributed by atoms with Crippen molar-refractivity contribution < 1.29 is 4.74 Å². The number of methoxy groups -OCH3 is 1. The van der Waals surface area contributed by atoms with Crippen LogP contribution in [0.2, 0.25) is 10.0 Å². The zero-order chi connectivity index (χ0) is 15.4. The summed E-state index contributed by atoms with van der Waals surface area (Å²) in [5.74, 6) is 0.888. The van der Waals surface area contributed by atoms with E-state index in [4.69, 9.17) is 27.9 Å². The first-order chi connectivity index (χ1) is 10.1. The Morgan fingerprint density at radius 1 is 1.19 bits per heavy atom. The third kappa shape index (κ3) is 3.70. The topological polar surface area (TPSA) is 21.3 Å². The summed E-state index contributed by atoms with van der Waals surface area (Å²) in [5, 5.41) is 4.48. The van der Waals surface area contributed by atoms with E-state index in [-0.39, 0.29) is 6.04 Å². The van der Waals surface area contributed by atoms with Gasteiger partial charge < -0.3 is 10.1 Å². The minimum atomic E-state index is 0.0758. The first-order valence-corrected chi connectivity index (χ1v) is 7.57. The van der Waals surface area contributed by atoms with Crippen LogP contribution in [0.1, 0.15) is 22.7 Å². The van der Waals surface area contributed by atoms with Crippen molar-refractivity contribution in [2.45, 2.75) is 19.4 Å². The summed E-state index contributed by atoms with van der Waals surface area (Å²) in [4.78, 5) is 0. The molecule has 0 aliphatic heterocycles. The molecule has 0 saturated carbocycles. The molecule has 0 fully saturated rings. The maximum Gasteiger partial charge on any atom is 0.122 e. The molecule has 2 nitrogen and oxygen atoms in total. The van der Waals surface area contributed by atoms with Crippen molar-refractivity contribution in [3.8, 4) is 5.75 Å². The number of ether oxygens (including phenoxy) is 1. The van der Waals surface area contributed by atoms with Crippen LogP contribution >= 0.6 is 23.2 Å². The molecule has 4 heteroatoms. The van der Waals surface area contributed by atoms with Crippen LogP contribution in [-0.2, 0) is 6.42 Å². The van der Waals surface area contributed by atoms with Crippen molar-refractivity contribution in [3.05, 3.63) is 63.1 Å². The lowest BCUT2D eigenvalue weighted by atomic mass is 9.97. The van der Waals surface area contributed by atoms with Gasteiger partial charge in [0.05, 0.1) is 17.2 Å². The van der Waals surface area contributed by atoms with Crippen LogP contribution in [0.5, 0.6) is 5.75 Å². The Balaban J connectivity index is 2.35. The van der Waals surface area contributed by atoms with Crippen LogP contribution < -0.4 is 10.1 Å². The van der Waals surface area contributed by atoms with Gasteiger partial charge in [-0.05, 0) is 43.7 Å². The van der Waals surface area contributed by atoms with Gasteiger partial charge in [-0.1, -0.05) is 53.0 Å². The molecule has 1 N–H and O–H groups in total. The van der Waals surface area contributed by atoms with Crippen LogP contribution in [0.15, 0.2) is 36.4 Å². The standard InChI is InChI=1S/C17H19Cl2NO/c1-11-7-8-16(21-3)12(9-11)10-15(20-2)13-5-4-6-14(18)17(13)19/h4-9,15,20H,10H2,1-3H3. The molecule has 112 valence electrons. The number of hydrogen-bond donors (Lipinski definition) is 1. The lowest BCUT2D eigenvalue weighted by molar-refractivity contribution is 0.406. The molecule has 0 saturated heterocycles. The lowest BCUT2D eigenvalue weighted by Crippen LogP contribution is -2.19. The minimum absolute atomic E-state index is 0.0758. The first-order valence-electron chi connectivity index (χ1n) is 6.81. The zero-order valence-corrected chi connectivity index (χ0v) is 13.9. The van der Waals surface area contributed by atoms with Crippen molar-refractivity contribution in [1.82, 2.24) is 5.32 Å². The number of nitrogens with one attached hydrogen (secondary N) is 1. The fourth-order valence-electron chi connectivity index (χ4n) is 2.44. The van der Waals surface area contributed by atoms with Crippen molar-refractivity contribution in [3.63, 3.8) is 0 Å². The molecule has 1 atom stereocenters. The Morgan fingerprint density at radius 2 is 1.95 bits per heavy atom. The lowest BCUT2D eigenvalue weighted by Gasteiger charge is -2.20. The van der Waals surface area contributed by atoms with Gasteiger partial charge in [0.25, 0.3) is 0 Å². The third-order valence-electron chi connectivity index (χ3n) is 3.57. The summed E-state index contributed by atoms with van der Waals surface area (Å²) in [6.07, 6.45) is 0.779. The van der Waals surface area contributed by atoms with Gasteiger partial charge in [-0.15, -0.1) is 0 Å². The second-order valence-electron chi connectivity index (χ2n) is 5.00. The molecule has 1 unspecified atom stereocenters. The Bertz CT molecular complexity index is 628. The number of benzene rings is 2. The normalized spacial score (nSPS) is 12.2. The molecule has 2 rings (SSSR count). The van der Waals surface area contributed by atoms with Crippen LogP contribution in [0, 0.1) is 6.92 Å². The molecule has 0 bridgehead atoms. The molecular weight excluding hydrogens is 305 g/mol. The predicted molar refractivity (Wildman–Crippen MR) is 89.7 cm³/mol. The molecule has 0 radical (unpaired) electrons. The van der Waals surface area contributed by atoms with Gasteiger partial charge in [-0.25, -0.2) is 0 Å². The number of halogens is 2. The maximum absolute atomic E-state index is 6.33. The van der Waals surface area contributed by atoms with Crippen LogP contribution in [-0.4, -0.2) is 14.2 Å². The van der Waals surface area contributed by atoms with Gasteiger partial charge >= 0.3 is 0 Å². The Labute approximate surface area is 136 Å². The van der Waals surface area contributed by atoms with E-state index in [9.17, 15) is 0 Å². The van der Waals surface area contributed by atoms with Crippen molar-refractivity contribution in [1.29, 1.82) is 0 Å². The van der Waals surface area contributed by atoms with Crippen LogP contribution in [0.25, 0.3) is 0 Å². The molecule has 2 aromatic carbocycles. The van der Waals surface area contributed by atoms with Gasteiger partial charge in [0, 0.05) is 6.04 Å². The summed E-state index contributed by atoms with van der Waals surface area (Å²) in [5.41, 5.74) is 3.35. The number of rotatable bonds is 5. The highest BCUT2D eigenvalue weighted by molar-refractivity contribution is 6.42. The Hall–Kier alpha value is -1.22. The summed E-state index contributed by atoms with van der Waals surface area (Å²) < 4.78 is 5.45. The highest BCUT2D eigenvalue weighted by Crippen LogP contribution is 2.33. The van der Waals surface area contributed by atoms with E-state index in [0.29, 0.717) is 10.0 Å². The molecule has 0 amide bonds. The monoisotopic (exact) mass is 323 g/mol. The summed E-state index contributed by atoms with van der Waals surface area (Å²) in [6.45, 7) is 2.07. The third-order valence-corrected chi connectivity index (χ3v) is 4.40. The van der Waals surface area contributed by atoms with Gasteiger partial charge in [0.1, 0.15) is 5.75 Å². The van der Waals surface area contributed by atoms with E-state index in [1.54, 1.807) is 13.2 Å². The number of likely N-dealkylation sites (N-methyl/N-ethyl adjacent to an activating group) is 1. The fraction of sp³-hybridized carbons (Fsp3) is 0.294. The molecule has 2 aromatic rings. The van der Waals surface area contributed by atoms with E-state index in [2.05, 4.69) is 18.3 Å². The van der Waals surface area contributed by atoms with Crippen molar-refractivity contribution >= 4 is 23.2 Å². The average molecular weight is 324 g/mol. The predicted octanol–water partition coefficient (Wildman–Crippen LogP) is 4.81. The first kappa shape index (κ1) is 16.2. The van der Waals surface area contributed by atoms with Crippen molar-refractivity contribution in [2.75, 3.05) is 14.2 Å². The molecule has 0 heterocycles. The second kappa shape index (κ2) is 7.17. The summed E-state index contributed by atoms with van der Waals surface area (Å²) in [6, 6.07) is 12.0. The van der Waals surface area contributed by atoms with E-state index in [1.165, 1.54) is 5.56 Å². The SMILES string of the molecule is CNC(Cc1cc(C)ccc1OC)c1cccc(Cl)c1Cl. The Kier molecular flexibility index (Phi) is 5.51. The van der Waals surface area contributed by atoms with Gasteiger partial charge in [0.2, 0.25) is 0 Å². The minimum Gasteiger partial charge on any atom is -0.496 e. The zero-order valence-electron chi connectivity index (χ0n) is 12.4. The van der Waals surface area contributed by atoms with E-state index in [1.807, 2.05) is 31.3 Å². The van der Waals surface area contributed by atoms with Crippen LogP contribution in [0.4, 0.5) is 0 Å². The van der Waals surface area contributed by atoms with Gasteiger partial charge in [-0.3, -0.25) is 0 Å². The second-order valence-corrected chi connectivity index (χ2v) is 5.79. The quantitative estimate of drug-likeness (QED) is 0.852. The van der Waals surface area contributed by atoms with Crippen molar-refractivity contribution in [2.24, 2.45) is 0 Å². The molecule has 0 aliphatic carbocycles. The van der Waals surface area contributed by atoms with Crippen LogP contribution in [0.3, 0.4) is 0 Å². The highest BCUT2D eigenvalue weighted by atomic mass is 35.5. The average Bonchev–Trinajstić information content (AvgIpc) is 2.48. The summed E-state index contributed by atoms with van der Waals surface area (Å²) in [7, 11) is 3.61. The molecular formula is C17H19Cl2NO. The van der Waals surface area contributed by atoms with E-state index >= 15 is 0 Å². The molecule has 0 spiro atoms.